The smallest absolute Gasteiger partial charge is 0.306 e. The second-order valence-corrected chi connectivity index (χ2v) is 7.86. The van der Waals surface area contributed by atoms with Gasteiger partial charge in [-0.2, -0.15) is 0 Å². The summed E-state index contributed by atoms with van der Waals surface area (Å²) in [6.45, 7) is 10.3. The molecule has 0 N–H and O–H groups in total. The first kappa shape index (κ1) is 17.5. The predicted molar refractivity (Wildman–Crippen MR) is 91.4 cm³/mol. The number of hydrogen-bond acceptors (Lipinski definition) is 4. The van der Waals surface area contributed by atoms with Gasteiger partial charge < -0.3 is 9.47 Å². The van der Waals surface area contributed by atoms with Gasteiger partial charge in [0.2, 0.25) is 0 Å². The summed E-state index contributed by atoms with van der Waals surface area (Å²) >= 11 is 0. The van der Waals surface area contributed by atoms with Crippen molar-refractivity contribution in [2.45, 2.75) is 59.1 Å². The van der Waals surface area contributed by atoms with Gasteiger partial charge in [0.1, 0.15) is 18.2 Å². The zero-order chi connectivity index (χ0) is 17.1. The van der Waals surface area contributed by atoms with E-state index < -0.39 is 5.60 Å². The lowest BCUT2D eigenvalue weighted by Crippen LogP contribution is -2.28. The molecule has 0 fully saturated rings. The van der Waals surface area contributed by atoms with E-state index in [1.165, 1.54) is 0 Å². The Bertz CT molecular complexity index is 570. The second-order valence-electron chi connectivity index (χ2n) is 7.86. The number of nitrogens with zero attached hydrogens (tertiary/aromatic N) is 1. The largest absolute Gasteiger partial charge is 0.478 e. The van der Waals surface area contributed by atoms with E-state index in [-0.39, 0.29) is 17.4 Å². The Kier molecular flexibility index (Phi) is 5.12. The van der Waals surface area contributed by atoms with Crippen LogP contribution >= 0.6 is 0 Å². The SMILES string of the molecule is CC(C)(CC(=O)OC(C)(C)C)CC1=N[C@@H](c2ccccc2)CO1. The lowest BCUT2D eigenvalue weighted by atomic mass is 9.85. The van der Waals surface area contributed by atoms with E-state index >= 15 is 0 Å². The third kappa shape index (κ3) is 5.70. The predicted octanol–water partition coefficient (Wildman–Crippen LogP) is 4.30. The maximum atomic E-state index is 12.0. The minimum Gasteiger partial charge on any atom is -0.478 e. The van der Waals surface area contributed by atoms with Crippen LogP contribution in [0.5, 0.6) is 0 Å². The van der Waals surface area contributed by atoms with Gasteiger partial charge in [-0.05, 0) is 31.7 Å². The summed E-state index contributed by atoms with van der Waals surface area (Å²) in [6, 6.07) is 10.2. The van der Waals surface area contributed by atoms with Crippen LogP contribution in [0, 0.1) is 5.41 Å². The molecule has 1 aromatic carbocycles. The van der Waals surface area contributed by atoms with Crippen molar-refractivity contribution < 1.29 is 14.3 Å². The summed E-state index contributed by atoms with van der Waals surface area (Å²) in [5, 5.41) is 0. The van der Waals surface area contributed by atoms with Crippen molar-refractivity contribution >= 4 is 11.9 Å². The summed E-state index contributed by atoms with van der Waals surface area (Å²) in [5.74, 6) is 0.549. The molecule has 0 unspecified atom stereocenters. The van der Waals surface area contributed by atoms with E-state index in [4.69, 9.17) is 9.47 Å². The van der Waals surface area contributed by atoms with Crippen LogP contribution in [0.3, 0.4) is 0 Å². The Morgan fingerprint density at radius 2 is 1.87 bits per heavy atom. The normalized spacial score (nSPS) is 18.3. The maximum Gasteiger partial charge on any atom is 0.306 e. The van der Waals surface area contributed by atoms with E-state index in [0.29, 0.717) is 19.4 Å². The van der Waals surface area contributed by atoms with Gasteiger partial charge in [-0.1, -0.05) is 44.2 Å². The molecule has 1 atom stereocenters. The van der Waals surface area contributed by atoms with Crippen LogP contribution in [-0.2, 0) is 14.3 Å². The van der Waals surface area contributed by atoms with Crippen molar-refractivity contribution in [1.82, 2.24) is 0 Å². The van der Waals surface area contributed by atoms with E-state index in [1.807, 2.05) is 52.8 Å². The topological polar surface area (TPSA) is 47.9 Å². The number of rotatable bonds is 5. The van der Waals surface area contributed by atoms with Crippen LogP contribution in [0.1, 0.15) is 59.1 Å². The molecule has 1 heterocycles. The van der Waals surface area contributed by atoms with Gasteiger partial charge in [0.25, 0.3) is 0 Å². The Balaban J connectivity index is 1.94. The molecule has 0 saturated heterocycles. The Hall–Kier alpha value is -1.84. The van der Waals surface area contributed by atoms with Crippen molar-refractivity contribution in [3.8, 4) is 0 Å². The van der Waals surface area contributed by atoms with Gasteiger partial charge in [-0.15, -0.1) is 0 Å². The summed E-state index contributed by atoms with van der Waals surface area (Å²) in [4.78, 5) is 16.7. The Labute approximate surface area is 138 Å². The highest BCUT2D eigenvalue weighted by atomic mass is 16.6. The number of esters is 1. The third-order valence-corrected chi connectivity index (χ3v) is 3.56. The fourth-order valence-electron chi connectivity index (χ4n) is 2.61. The van der Waals surface area contributed by atoms with Crippen LogP contribution in [0.2, 0.25) is 0 Å². The molecule has 0 spiro atoms. The number of aliphatic imine (C=N–C) groups is 1. The lowest BCUT2D eigenvalue weighted by molar-refractivity contribution is -0.157. The number of hydrogen-bond donors (Lipinski definition) is 0. The van der Waals surface area contributed by atoms with Crippen molar-refractivity contribution in [3.05, 3.63) is 35.9 Å². The van der Waals surface area contributed by atoms with Crippen molar-refractivity contribution in [3.63, 3.8) is 0 Å². The fourth-order valence-corrected chi connectivity index (χ4v) is 2.61. The highest BCUT2D eigenvalue weighted by molar-refractivity contribution is 5.80. The minimum atomic E-state index is -0.451. The first-order valence-electron chi connectivity index (χ1n) is 8.11. The van der Waals surface area contributed by atoms with Gasteiger partial charge in [-0.25, -0.2) is 4.99 Å². The summed E-state index contributed by atoms with van der Waals surface area (Å²) in [6.07, 6.45) is 0.984. The van der Waals surface area contributed by atoms with Crippen molar-refractivity contribution in [2.24, 2.45) is 10.4 Å². The average Bonchev–Trinajstić information content (AvgIpc) is 2.84. The molecule has 0 aromatic heterocycles. The molecule has 0 bridgehead atoms. The molecule has 4 nitrogen and oxygen atoms in total. The summed E-state index contributed by atoms with van der Waals surface area (Å²) < 4.78 is 11.1. The van der Waals surface area contributed by atoms with Crippen LogP contribution in [0.15, 0.2) is 35.3 Å². The summed E-state index contributed by atoms with van der Waals surface area (Å²) in [7, 11) is 0. The second kappa shape index (κ2) is 6.73. The first-order valence-corrected chi connectivity index (χ1v) is 8.11. The molecule has 1 aliphatic heterocycles. The van der Waals surface area contributed by atoms with Gasteiger partial charge in [0, 0.05) is 6.42 Å². The fraction of sp³-hybridized carbons (Fsp3) is 0.579. The van der Waals surface area contributed by atoms with Crippen LogP contribution in [0.4, 0.5) is 0 Å². The highest BCUT2D eigenvalue weighted by Gasteiger charge is 2.30. The molecule has 0 aliphatic carbocycles. The number of carbonyl (C=O) groups excluding carboxylic acids is 1. The third-order valence-electron chi connectivity index (χ3n) is 3.56. The first-order chi connectivity index (χ1) is 10.6. The molecule has 23 heavy (non-hydrogen) atoms. The molecule has 2 rings (SSSR count). The zero-order valence-electron chi connectivity index (χ0n) is 14.8. The van der Waals surface area contributed by atoms with Crippen molar-refractivity contribution in [1.29, 1.82) is 0 Å². The highest BCUT2D eigenvalue weighted by Crippen LogP contribution is 2.31. The standard InChI is InChI=1S/C19H27NO3/c1-18(2,3)23-17(21)12-19(4,5)11-16-20-15(13-22-16)14-9-7-6-8-10-14/h6-10,15H,11-13H2,1-5H3/t15-/m1/s1. The maximum absolute atomic E-state index is 12.0. The van der Waals surface area contributed by atoms with Crippen LogP contribution in [-0.4, -0.2) is 24.1 Å². The average molecular weight is 317 g/mol. The molecule has 0 radical (unpaired) electrons. The molecule has 126 valence electrons. The number of benzene rings is 1. The lowest BCUT2D eigenvalue weighted by Gasteiger charge is -2.26. The van der Waals surface area contributed by atoms with E-state index in [2.05, 4.69) is 17.1 Å². The monoisotopic (exact) mass is 317 g/mol. The van der Waals surface area contributed by atoms with Gasteiger partial charge >= 0.3 is 5.97 Å². The van der Waals surface area contributed by atoms with E-state index in [0.717, 1.165) is 11.5 Å². The molecule has 4 heteroatoms. The Morgan fingerprint density at radius 1 is 1.22 bits per heavy atom. The molecule has 1 aromatic rings. The molecular weight excluding hydrogens is 290 g/mol. The number of carbonyl (C=O) groups is 1. The molecule has 1 aliphatic rings. The summed E-state index contributed by atoms with van der Waals surface area (Å²) in [5.41, 5.74) is 0.465. The molecular formula is C19H27NO3. The van der Waals surface area contributed by atoms with E-state index in [1.54, 1.807) is 0 Å². The van der Waals surface area contributed by atoms with Crippen LogP contribution in [0.25, 0.3) is 0 Å². The minimum absolute atomic E-state index is 0.0588. The zero-order valence-corrected chi connectivity index (χ0v) is 14.8. The number of ether oxygens (including phenoxy) is 2. The van der Waals surface area contributed by atoms with Gasteiger partial charge in [0.05, 0.1) is 6.42 Å². The van der Waals surface area contributed by atoms with Crippen LogP contribution < -0.4 is 0 Å². The van der Waals surface area contributed by atoms with Gasteiger partial charge in [-0.3, -0.25) is 4.79 Å². The molecule has 0 saturated carbocycles. The Morgan fingerprint density at radius 3 is 2.48 bits per heavy atom. The quantitative estimate of drug-likeness (QED) is 0.761. The van der Waals surface area contributed by atoms with E-state index in [9.17, 15) is 4.79 Å². The van der Waals surface area contributed by atoms with Gasteiger partial charge in [0.15, 0.2) is 5.90 Å². The van der Waals surface area contributed by atoms with Crippen molar-refractivity contribution in [2.75, 3.05) is 6.61 Å². The molecule has 0 amide bonds.